The van der Waals surface area contributed by atoms with Gasteiger partial charge in [0.1, 0.15) is 34.1 Å². The van der Waals surface area contributed by atoms with Gasteiger partial charge in [-0.25, -0.2) is 9.59 Å². The van der Waals surface area contributed by atoms with Crippen molar-refractivity contribution >= 4 is 33.5 Å². The van der Waals surface area contributed by atoms with Gasteiger partial charge in [-0.3, -0.25) is 0 Å². The lowest BCUT2D eigenvalue weighted by Crippen LogP contribution is -1.97. The van der Waals surface area contributed by atoms with E-state index in [1.807, 2.05) is 0 Å². The summed E-state index contributed by atoms with van der Waals surface area (Å²) in [6.07, 6.45) is 0. The van der Waals surface area contributed by atoms with Crippen LogP contribution in [0.1, 0.15) is 20.7 Å². The number of carboxylic acids is 2. The number of rotatable bonds is 2. The normalized spacial score (nSPS) is 10.4. The lowest BCUT2D eigenvalue weighted by Gasteiger charge is -2.06. The number of benzene rings is 4. The quantitative estimate of drug-likeness (QED) is 0.273. The Labute approximate surface area is 169 Å². The summed E-state index contributed by atoms with van der Waals surface area (Å²) in [6.45, 7) is 0. The highest BCUT2D eigenvalue weighted by Crippen LogP contribution is 2.36. The molecule has 4 aromatic rings. The van der Waals surface area contributed by atoms with E-state index < -0.39 is 11.9 Å². The van der Waals surface area contributed by atoms with Gasteiger partial charge in [0.2, 0.25) is 0 Å². The Balaban J connectivity index is 0.000000171. The highest BCUT2D eigenvalue weighted by molar-refractivity contribution is 6.03. The second-order valence-electron chi connectivity index (χ2n) is 6.29. The number of hydrogen-bond donors (Lipinski definition) is 6. The molecule has 0 aliphatic heterocycles. The molecule has 0 spiro atoms. The molecular weight excluding hydrogens is 392 g/mol. The first kappa shape index (κ1) is 20.3. The summed E-state index contributed by atoms with van der Waals surface area (Å²) in [5.74, 6) is -3.49. The average Bonchev–Trinajstić information content (AvgIpc) is 2.73. The zero-order chi connectivity index (χ0) is 22.0. The molecule has 6 N–H and O–H groups in total. The summed E-state index contributed by atoms with van der Waals surface area (Å²) in [5.41, 5.74) is -0.600. The Bertz CT molecular complexity index is 1190. The van der Waals surface area contributed by atoms with Crippen LogP contribution in [0.25, 0.3) is 21.5 Å². The molecule has 0 radical (unpaired) electrons. The van der Waals surface area contributed by atoms with E-state index in [0.717, 1.165) is 12.1 Å². The van der Waals surface area contributed by atoms with Crippen LogP contribution in [0.4, 0.5) is 0 Å². The lowest BCUT2D eigenvalue weighted by molar-refractivity contribution is 0.0682. The van der Waals surface area contributed by atoms with Crippen LogP contribution >= 0.6 is 0 Å². The van der Waals surface area contributed by atoms with E-state index in [4.69, 9.17) is 10.2 Å². The predicted molar refractivity (Wildman–Crippen MR) is 108 cm³/mol. The third kappa shape index (κ3) is 3.61. The number of fused-ring (bicyclic) bond motifs is 2. The molecule has 8 heteroatoms. The number of carboxylic acid groups (broad SMARTS) is 2. The number of aromatic carboxylic acids is 2. The molecule has 4 rings (SSSR count). The van der Waals surface area contributed by atoms with E-state index in [1.165, 1.54) is 0 Å². The molecule has 0 amide bonds. The minimum Gasteiger partial charge on any atom is -0.507 e. The monoisotopic (exact) mass is 408 g/mol. The fourth-order valence-corrected chi connectivity index (χ4v) is 3.01. The van der Waals surface area contributed by atoms with Gasteiger partial charge >= 0.3 is 11.9 Å². The zero-order valence-electron chi connectivity index (χ0n) is 15.3. The molecule has 0 aliphatic carbocycles. The van der Waals surface area contributed by atoms with Gasteiger partial charge in [0, 0.05) is 21.5 Å². The number of aromatic hydroxyl groups is 4. The minimum atomic E-state index is -1.27. The average molecular weight is 408 g/mol. The largest absolute Gasteiger partial charge is 0.507 e. The van der Waals surface area contributed by atoms with Crippen molar-refractivity contribution in [3.63, 3.8) is 0 Å². The molecule has 0 fully saturated rings. The first-order chi connectivity index (χ1) is 14.2. The maximum atomic E-state index is 10.7. The Kier molecular flexibility index (Phi) is 5.33. The molecule has 0 atom stereocenters. The highest BCUT2D eigenvalue weighted by Gasteiger charge is 2.16. The van der Waals surface area contributed by atoms with Crippen LogP contribution in [0.3, 0.4) is 0 Å². The molecule has 8 nitrogen and oxygen atoms in total. The molecule has 0 aliphatic rings. The molecule has 4 aromatic carbocycles. The molecular formula is C22H16O8. The number of phenolic OH excluding ortho intramolecular Hbond substituents is 2. The Morgan fingerprint density at radius 2 is 0.833 bits per heavy atom. The third-order valence-electron chi connectivity index (χ3n) is 4.45. The van der Waals surface area contributed by atoms with Crippen LogP contribution in [-0.4, -0.2) is 42.6 Å². The summed E-state index contributed by atoms with van der Waals surface area (Å²) in [7, 11) is 0. The molecule has 0 unspecified atom stereocenters. The predicted octanol–water partition coefficient (Wildman–Crippen LogP) is 3.90. The third-order valence-corrected chi connectivity index (χ3v) is 4.45. The minimum absolute atomic E-state index is 0.152. The van der Waals surface area contributed by atoms with Crippen LogP contribution in [-0.2, 0) is 0 Å². The highest BCUT2D eigenvalue weighted by atomic mass is 16.4. The van der Waals surface area contributed by atoms with E-state index in [-0.39, 0.29) is 34.1 Å². The number of carbonyl (C=O) groups is 2. The zero-order valence-corrected chi connectivity index (χ0v) is 15.3. The first-order valence-electron chi connectivity index (χ1n) is 8.56. The van der Waals surface area contributed by atoms with Crippen molar-refractivity contribution in [2.45, 2.75) is 0 Å². The van der Waals surface area contributed by atoms with Gasteiger partial charge in [-0.05, 0) is 12.1 Å². The van der Waals surface area contributed by atoms with Crippen LogP contribution in [0, 0.1) is 0 Å². The molecule has 0 aromatic heterocycles. The van der Waals surface area contributed by atoms with Gasteiger partial charge in [0.05, 0.1) is 0 Å². The summed E-state index contributed by atoms with van der Waals surface area (Å²) < 4.78 is 0. The smallest absolute Gasteiger partial charge is 0.339 e. The second kappa shape index (κ2) is 7.88. The van der Waals surface area contributed by atoms with Crippen molar-refractivity contribution in [2.24, 2.45) is 0 Å². The lowest BCUT2D eigenvalue weighted by atomic mass is 10.0. The van der Waals surface area contributed by atoms with Gasteiger partial charge in [-0.15, -0.1) is 0 Å². The van der Waals surface area contributed by atoms with Crippen LogP contribution in [0.2, 0.25) is 0 Å². The van der Waals surface area contributed by atoms with E-state index in [2.05, 4.69) is 0 Å². The number of phenols is 4. The van der Waals surface area contributed by atoms with Gasteiger partial charge in [-0.1, -0.05) is 48.5 Å². The molecule has 0 saturated carbocycles. The Morgan fingerprint density at radius 3 is 1.13 bits per heavy atom. The second-order valence-corrected chi connectivity index (χ2v) is 6.29. The maximum absolute atomic E-state index is 10.7. The van der Waals surface area contributed by atoms with Crippen LogP contribution in [0.5, 0.6) is 23.0 Å². The standard InChI is InChI=1S/2C11H8O4/c2*12-9-5-8(11(14)15)10(13)7-4-2-1-3-6(7)9/h2*1-5,12-13H,(H,14,15). The van der Waals surface area contributed by atoms with E-state index >= 15 is 0 Å². The summed E-state index contributed by atoms with van der Waals surface area (Å²) in [6, 6.07) is 15.1. The number of hydrogen-bond acceptors (Lipinski definition) is 6. The molecule has 0 bridgehead atoms. The Hall–Kier alpha value is -4.46. The summed E-state index contributed by atoms with van der Waals surface area (Å²) in [4.78, 5) is 21.5. The molecule has 0 saturated heterocycles. The molecule has 0 heterocycles. The SMILES string of the molecule is O=C(O)c1cc(O)c2ccccc2c1O.O=C(O)c1cc(O)c2ccccc2c1O. The summed E-state index contributed by atoms with van der Waals surface area (Å²) in [5, 5.41) is 57.5. The van der Waals surface area contributed by atoms with Crippen molar-refractivity contribution in [3.05, 3.63) is 71.8 Å². The van der Waals surface area contributed by atoms with E-state index in [0.29, 0.717) is 21.5 Å². The van der Waals surface area contributed by atoms with Gasteiger partial charge in [-0.2, -0.15) is 0 Å². The van der Waals surface area contributed by atoms with E-state index in [9.17, 15) is 30.0 Å². The molecule has 30 heavy (non-hydrogen) atoms. The Morgan fingerprint density at radius 1 is 0.533 bits per heavy atom. The fourth-order valence-electron chi connectivity index (χ4n) is 3.01. The van der Waals surface area contributed by atoms with Crippen molar-refractivity contribution in [1.29, 1.82) is 0 Å². The molecule has 152 valence electrons. The van der Waals surface area contributed by atoms with Crippen molar-refractivity contribution in [1.82, 2.24) is 0 Å². The van der Waals surface area contributed by atoms with Gasteiger partial charge < -0.3 is 30.6 Å². The topological polar surface area (TPSA) is 156 Å². The maximum Gasteiger partial charge on any atom is 0.339 e. The first-order valence-corrected chi connectivity index (χ1v) is 8.56. The van der Waals surface area contributed by atoms with Gasteiger partial charge in [0.25, 0.3) is 0 Å². The van der Waals surface area contributed by atoms with Crippen molar-refractivity contribution < 1.29 is 40.2 Å². The van der Waals surface area contributed by atoms with Gasteiger partial charge in [0.15, 0.2) is 0 Å². The fraction of sp³-hybridized carbons (Fsp3) is 0. The van der Waals surface area contributed by atoms with E-state index in [1.54, 1.807) is 48.5 Å². The summed E-state index contributed by atoms with van der Waals surface area (Å²) >= 11 is 0. The van der Waals surface area contributed by atoms with Crippen molar-refractivity contribution in [2.75, 3.05) is 0 Å². The van der Waals surface area contributed by atoms with Crippen LogP contribution < -0.4 is 0 Å². The van der Waals surface area contributed by atoms with Crippen molar-refractivity contribution in [3.8, 4) is 23.0 Å². The van der Waals surface area contributed by atoms with Crippen LogP contribution in [0.15, 0.2) is 60.7 Å².